The monoisotopic (exact) mass is 542 g/mol. The van der Waals surface area contributed by atoms with Gasteiger partial charge in [-0.3, -0.25) is 4.90 Å². The van der Waals surface area contributed by atoms with Crippen molar-refractivity contribution < 1.29 is 19.8 Å². The Labute approximate surface area is 235 Å². The molecule has 0 radical (unpaired) electrons. The number of aliphatic imine (C=N–C) groups is 1. The van der Waals surface area contributed by atoms with Gasteiger partial charge in [-0.2, -0.15) is 5.48 Å². The number of hydrogen-bond donors (Lipinski definition) is 3. The highest BCUT2D eigenvalue weighted by Crippen LogP contribution is 2.42. The lowest BCUT2D eigenvalue weighted by Gasteiger charge is -2.41. The van der Waals surface area contributed by atoms with Crippen molar-refractivity contribution in [2.45, 2.75) is 38.6 Å². The Balaban J connectivity index is 1.53. The van der Waals surface area contributed by atoms with E-state index in [1.165, 1.54) is 25.7 Å². The topological polar surface area (TPSA) is 97.6 Å². The number of aromatic carboxylic acids is 1. The fourth-order valence-electron chi connectivity index (χ4n) is 5.71. The third kappa shape index (κ3) is 5.89. The van der Waals surface area contributed by atoms with E-state index in [1.807, 2.05) is 30.3 Å². The van der Waals surface area contributed by atoms with Crippen LogP contribution in [0.4, 0.5) is 5.69 Å². The molecule has 8 heteroatoms. The van der Waals surface area contributed by atoms with Crippen molar-refractivity contribution in [3.63, 3.8) is 0 Å². The van der Waals surface area contributed by atoms with Crippen LogP contribution in [0.5, 0.6) is 5.75 Å². The Morgan fingerprint density at radius 3 is 2.50 bits per heavy atom. The van der Waals surface area contributed by atoms with Gasteiger partial charge < -0.3 is 20.0 Å². The molecule has 1 saturated heterocycles. The van der Waals surface area contributed by atoms with E-state index in [0.717, 1.165) is 54.8 Å². The first-order valence-corrected chi connectivity index (χ1v) is 14.1. The average molecular weight is 543 g/mol. The SMILES string of the molecule is CCCCCCN1CCN(C2=CC(=Nc3ccc(C(=O)O)cc3)c3c(cc4ccccc4c3O)C2NOC)CC1. The lowest BCUT2D eigenvalue weighted by Crippen LogP contribution is -2.48. The molecule has 3 N–H and O–H groups in total. The summed E-state index contributed by atoms with van der Waals surface area (Å²) in [6, 6.07) is 16.1. The van der Waals surface area contributed by atoms with E-state index in [2.05, 4.69) is 28.3 Å². The molecule has 1 atom stereocenters. The van der Waals surface area contributed by atoms with Crippen LogP contribution in [0.1, 0.15) is 60.1 Å². The van der Waals surface area contributed by atoms with Gasteiger partial charge in [0.15, 0.2) is 0 Å². The highest BCUT2D eigenvalue weighted by Gasteiger charge is 2.34. The molecule has 1 fully saturated rings. The number of allylic oxidation sites excluding steroid dienone is 1. The molecule has 40 heavy (non-hydrogen) atoms. The third-order valence-corrected chi connectivity index (χ3v) is 7.86. The largest absolute Gasteiger partial charge is 0.507 e. The van der Waals surface area contributed by atoms with Gasteiger partial charge in [0.1, 0.15) is 5.75 Å². The van der Waals surface area contributed by atoms with E-state index in [9.17, 15) is 15.0 Å². The molecule has 0 spiro atoms. The van der Waals surface area contributed by atoms with Gasteiger partial charge in [-0.1, -0.05) is 50.5 Å². The summed E-state index contributed by atoms with van der Waals surface area (Å²) in [5.41, 5.74) is 7.21. The number of fused-ring (bicyclic) bond motifs is 2. The number of benzene rings is 3. The van der Waals surface area contributed by atoms with Crippen molar-refractivity contribution in [2.75, 3.05) is 39.8 Å². The highest BCUT2D eigenvalue weighted by molar-refractivity contribution is 6.17. The zero-order valence-corrected chi connectivity index (χ0v) is 23.3. The number of nitrogens with zero attached hydrogens (tertiary/aromatic N) is 3. The minimum Gasteiger partial charge on any atom is -0.507 e. The lowest BCUT2D eigenvalue weighted by molar-refractivity contribution is 0.0556. The van der Waals surface area contributed by atoms with Gasteiger partial charge in [-0.25, -0.2) is 9.79 Å². The Bertz CT molecular complexity index is 1410. The second-order valence-electron chi connectivity index (χ2n) is 10.5. The summed E-state index contributed by atoms with van der Waals surface area (Å²) in [6.45, 7) is 7.12. The first-order valence-electron chi connectivity index (χ1n) is 14.1. The van der Waals surface area contributed by atoms with Gasteiger partial charge in [0.05, 0.1) is 30.1 Å². The summed E-state index contributed by atoms with van der Waals surface area (Å²) in [6.07, 6.45) is 7.09. The molecule has 1 aliphatic carbocycles. The number of hydroxylamine groups is 1. The molecule has 1 heterocycles. The fourth-order valence-corrected chi connectivity index (χ4v) is 5.71. The number of phenols is 1. The molecule has 0 saturated carbocycles. The smallest absolute Gasteiger partial charge is 0.335 e. The lowest BCUT2D eigenvalue weighted by atomic mass is 9.85. The highest BCUT2D eigenvalue weighted by atomic mass is 16.6. The first-order chi connectivity index (χ1) is 19.5. The molecule has 2 aliphatic rings. The van der Waals surface area contributed by atoms with Crippen LogP contribution in [0.3, 0.4) is 0 Å². The zero-order chi connectivity index (χ0) is 28.1. The van der Waals surface area contributed by atoms with Crippen LogP contribution in [0, 0.1) is 0 Å². The van der Waals surface area contributed by atoms with E-state index < -0.39 is 5.97 Å². The van der Waals surface area contributed by atoms with Gasteiger partial charge in [-0.15, -0.1) is 0 Å². The number of rotatable bonds is 10. The maximum Gasteiger partial charge on any atom is 0.335 e. The molecule has 210 valence electrons. The summed E-state index contributed by atoms with van der Waals surface area (Å²) in [5, 5.41) is 22.5. The number of carboxylic acid groups (broad SMARTS) is 1. The molecular weight excluding hydrogens is 504 g/mol. The number of carbonyl (C=O) groups is 1. The Kier molecular flexibility index (Phi) is 8.79. The summed E-state index contributed by atoms with van der Waals surface area (Å²) in [4.78, 5) is 26.7. The van der Waals surface area contributed by atoms with E-state index in [4.69, 9.17) is 9.83 Å². The molecule has 1 unspecified atom stereocenters. The summed E-state index contributed by atoms with van der Waals surface area (Å²) >= 11 is 0. The van der Waals surface area contributed by atoms with Gasteiger partial charge in [0.2, 0.25) is 0 Å². The van der Waals surface area contributed by atoms with Crippen molar-refractivity contribution in [1.82, 2.24) is 15.3 Å². The van der Waals surface area contributed by atoms with Crippen molar-refractivity contribution in [1.29, 1.82) is 0 Å². The maximum atomic E-state index is 11.5. The van der Waals surface area contributed by atoms with Crippen LogP contribution in [0.25, 0.3) is 10.8 Å². The average Bonchev–Trinajstić information content (AvgIpc) is 2.97. The Morgan fingerprint density at radius 2 is 1.80 bits per heavy atom. The van der Waals surface area contributed by atoms with E-state index >= 15 is 0 Å². The number of hydrogen-bond acceptors (Lipinski definition) is 7. The second-order valence-corrected chi connectivity index (χ2v) is 10.5. The first kappa shape index (κ1) is 27.8. The number of nitrogens with one attached hydrogen (secondary N) is 1. The van der Waals surface area contributed by atoms with Crippen LogP contribution < -0.4 is 5.48 Å². The molecule has 0 aromatic heterocycles. The van der Waals surface area contributed by atoms with Gasteiger partial charge >= 0.3 is 5.97 Å². The minimum absolute atomic E-state index is 0.170. The minimum atomic E-state index is -0.980. The molecule has 0 amide bonds. The van der Waals surface area contributed by atoms with Crippen LogP contribution >= 0.6 is 0 Å². The number of carboxylic acids is 1. The van der Waals surface area contributed by atoms with Crippen molar-refractivity contribution >= 4 is 28.1 Å². The number of piperazine rings is 1. The van der Waals surface area contributed by atoms with Gasteiger partial charge in [-0.05, 0) is 60.3 Å². The molecular formula is C32H38N4O4. The van der Waals surface area contributed by atoms with Crippen molar-refractivity contribution in [3.8, 4) is 5.75 Å². The van der Waals surface area contributed by atoms with Gasteiger partial charge in [0.25, 0.3) is 0 Å². The molecule has 5 rings (SSSR count). The Hall–Kier alpha value is -3.72. The van der Waals surface area contributed by atoms with Crippen LogP contribution in [-0.2, 0) is 4.84 Å². The predicted octanol–water partition coefficient (Wildman–Crippen LogP) is 5.65. The summed E-state index contributed by atoms with van der Waals surface area (Å²) in [7, 11) is 1.61. The van der Waals surface area contributed by atoms with Crippen molar-refractivity contribution in [2.24, 2.45) is 4.99 Å². The van der Waals surface area contributed by atoms with Gasteiger partial charge in [0, 0.05) is 42.8 Å². The third-order valence-electron chi connectivity index (χ3n) is 7.86. The maximum absolute atomic E-state index is 11.5. The summed E-state index contributed by atoms with van der Waals surface area (Å²) in [5.74, 6) is -0.810. The predicted molar refractivity (Wildman–Crippen MR) is 158 cm³/mol. The molecule has 0 bridgehead atoms. The quantitative estimate of drug-likeness (QED) is 0.225. The van der Waals surface area contributed by atoms with E-state index in [1.54, 1.807) is 31.4 Å². The molecule has 1 aliphatic heterocycles. The second kappa shape index (κ2) is 12.6. The number of phenolic OH excluding ortho intramolecular Hbond substituents is 1. The summed E-state index contributed by atoms with van der Waals surface area (Å²) < 4.78 is 0. The van der Waals surface area contributed by atoms with E-state index in [-0.39, 0.29) is 17.4 Å². The number of aromatic hydroxyl groups is 1. The van der Waals surface area contributed by atoms with Crippen molar-refractivity contribution in [3.05, 3.63) is 83.1 Å². The van der Waals surface area contributed by atoms with Crippen LogP contribution in [0.15, 0.2) is 71.4 Å². The number of unbranched alkanes of at least 4 members (excludes halogenated alkanes) is 3. The van der Waals surface area contributed by atoms with Crippen LogP contribution in [0.2, 0.25) is 0 Å². The standard InChI is InChI=1S/C32H38N4O4/c1-3-4-5-8-15-35-16-18-36(19-17-35)28-21-27(33-24-13-11-22(12-14-24)32(38)39)29-26(30(28)34-40-2)20-23-9-6-7-10-25(23)31(29)37/h6-7,9-14,20-21,30,34,37H,3-5,8,15-19H2,1-2H3,(H,38,39). The normalized spacial score (nSPS) is 18.6. The zero-order valence-electron chi connectivity index (χ0n) is 23.3. The van der Waals surface area contributed by atoms with Crippen LogP contribution in [-0.4, -0.2) is 71.5 Å². The molecule has 3 aromatic rings. The van der Waals surface area contributed by atoms with E-state index in [0.29, 0.717) is 17.0 Å². The molecule has 3 aromatic carbocycles. The fraction of sp³-hybridized carbons (Fsp3) is 0.375. The Morgan fingerprint density at radius 1 is 1.05 bits per heavy atom. The molecule has 8 nitrogen and oxygen atoms in total.